The molecule has 1 amide bonds. The number of carbonyl (C=O) groups excluding carboxylic acids is 2. The number of ether oxygens (including phenoxy) is 2. The molecule has 2 atom stereocenters. The highest BCUT2D eigenvalue weighted by Gasteiger charge is 2.35. The number of rotatable bonds is 10. The van der Waals surface area contributed by atoms with Crippen molar-refractivity contribution in [2.24, 2.45) is 0 Å². The minimum absolute atomic E-state index is 0.0596. The molecule has 8 nitrogen and oxygen atoms in total. The maximum Gasteiger partial charge on any atom is 0.305 e. The van der Waals surface area contributed by atoms with E-state index in [0.717, 1.165) is 16.8 Å². The highest BCUT2D eigenvalue weighted by atomic mass is 19.1. The van der Waals surface area contributed by atoms with Gasteiger partial charge < -0.3 is 24.1 Å². The lowest BCUT2D eigenvalue weighted by Gasteiger charge is -2.24. The van der Waals surface area contributed by atoms with Gasteiger partial charge in [0.25, 0.3) is 6.01 Å². The van der Waals surface area contributed by atoms with E-state index >= 15 is 0 Å². The first-order valence-corrected chi connectivity index (χ1v) is 11.7. The van der Waals surface area contributed by atoms with Gasteiger partial charge in [-0.05, 0) is 42.7 Å². The van der Waals surface area contributed by atoms with E-state index in [0.29, 0.717) is 30.1 Å². The Morgan fingerprint density at radius 1 is 1.26 bits per heavy atom. The number of hydrogen-bond donors (Lipinski definition) is 1. The fourth-order valence-corrected chi connectivity index (χ4v) is 4.20. The summed E-state index contributed by atoms with van der Waals surface area (Å²) in [5.74, 6) is -0.456. The molecule has 0 radical (unpaired) electrons. The van der Waals surface area contributed by atoms with Gasteiger partial charge in [-0.1, -0.05) is 24.3 Å². The largest absolute Gasteiger partial charge is 0.469 e. The number of amides is 1. The molecular weight excluding hydrogens is 453 g/mol. The summed E-state index contributed by atoms with van der Waals surface area (Å²) in [5.41, 5.74) is 3.99. The van der Waals surface area contributed by atoms with Gasteiger partial charge in [0, 0.05) is 25.1 Å². The molecule has 1 saturated heterocycles. The van der Waals surface area contributed by atoms with E-state index in [2.05, 4.69) is 15.0 Å². The van der Waals surface area contributed by atoms with Crippen LogP contribution in [0, 0.1) is 6.92 Å². The zero-order chi connectivity index (χ0) is 24.8. The number of nitrogens with one attached hydrogen (secondary N) is 1. The molecule has 2 heterocycles. The smallest absolute Gasteiger partial charge is 0.305 e. The fraction of sp³-hybridized carbons (Fsp3) is 0.423. The molecule has 3 aromatic rings. The van der Waals surface area contributed by atoms with Crippen molar-refractivity contribution >= 4 is 34.7 Å². The van der Waals surface area contributed by atoms with E-state index in [9.17, 15) is 14.0 Å². The number of benzene rings is 2. The van der Waals surface area contributed by atoms with Crippen molar-refractivity contribution < 1.29 is 27.9 Å². The number of likely N-dealkylation sites (tertiary alicyclic amines) is 1. The molecule has 0 saturated carbocycles. The molecule has 2 aromatic carbocycles. The van der Waals surface area contributed by atoms with Crippen LogP contribution in [-0.4, -0.2) is 60.8 Å². The fourth-order valence-electron chi connectivity index (χ4n) is 4.20. The van der Waals surface area contributed by atoms with Gasteiger partial charge in [0.15, 0.2) is 5.58 Å². The van der Waals surface area contributed by atoms with Crippen molar-refractivity contribution in [1.82, 2.24) is 9.88 Å². The van der Waals surface area contributed by atoms with Crippen LogP contribution >= 0.6 is 0 Å². The third kappa shape index (κ3) is 6.36. The van der Waals surface area contributed by atoms with Gasteiger partial charge in [-0.2, -0.15) is 4.98 Å². The second-order valence-electron chi connectivity index (χ2n) is 8.73. The number of hydrogen-bond acceptors (Lipinski definition) is 7. The van der Waals surface area contributed by atoms with Gasteiger partial charge in [-0.3, -0.25) is 9.59 Å². The van der Waals surface area contributed by atoms with Crippen LogP contribution in [0.15, 0.2) is 46.9 Å². The van der Waals surface area contributed by atoms with Crippen LogP contribution in [0.1, 0.15) is 30.4 Å². The lowest BCUT2D eigenvalue weighted by atomic mass is 10.1. The molecule has 0 spiro atoms. The summed E-state index contributed by atoms with van der Waals surface area (Å²) in [6.07, 6.45) is 0.0848. The maximum absolute atomic E-state index is 14.1. The maximum atomic E-state index is 14.1. The number of methoxy groups -OCH3 is 1. The second kappa shape index (κ2) is 11.3. The number of carbonyl (C=O) groups is 2. The zero-order valence-corrected chi connectivity index (χ0v) is 20.0. The number of nitrogens with zero attached hydrogens (tertiary/aromatic N) is 2. The van der Waals surface area contributed by atoms with E-state index in [1.54, 1.807) is 11.0 Å². The van der Waals surface area contributed by atoms with E-state index in [1.165, 1.54) is 7.11 Å². The molecule has 186 valence electrons. The first-order chi connectivity index (χ1) is 16.9. The van der Waals surface area contributed by atoms with Crippen LogP contribution in [0.25, 0.3) is 11.1 Å². The molecule has 1 aliphatic heterocycles. The van der Waals surface area contributed by atoms with Gasteiger partial charge in [0.2, 0.25) is 5.91 Å². The van der Waals surface area contributed by atoms with Crippen molar-refractivity contribution in [3.63, 3.8) is 0 Å². The molecule has 4 rings (SSSR count). The van der Waals surface area contributed by atoms with Crippen LogP contribution in [-0.2, 0) is 25.5 Å². The molecule has 0 unspecified atom stereocenters. The summed E-state index contributed by atoms with van der Waals surface area (Å²) in [7, 11) is 1.34. The van der Waals surface area contributed by atoms with Crippen LogP contribution in [0.5, 0.6) is 0 Å². The standard InChI is InChI=1S/C26H30FN3O5/c1-17-6-3-4-7-21(17)28-26-29-22-10-9-18(12-23(22)35-26)13-24(31)30-15-19(27)14-20(30)16-34-11-5-8-25(32)33-2/h3-4,6-7,9-10,12,19-20H,5,8,11,13-16H2,1-2H3,(H,28,29)/t19-,20-/m0/s1. The molecule has 0 bridgehead atoms. The Bertz CT molecular complexity index is 1180. The number of anilines is 2. The molecule has 1 aliphatic rings. The Labute approximate surface area is 203 Å². The molecule has 1 N–H and O–H groups in total. The molecule has 35 heavy (non-hydrogen) atoms. The Morgan fingerprint density at radius 3 is 2.89 bits per heavy atom. The predicted molar refractivity (Wildman–Crippen MR) is 129 cm³/mol. The number of aryl methyl sites for hydroxylation is 1. The Kier molecular flexibility index (Phi) is 7.97. The van der Waals surface area contributed by atoms with Crippen molar-refractivity contribution in [3.8, 4) is 0 Å². The van der Waals surface area contributed by atoms with Crippen molar-refractivity contribution in [3.05, 3.63) is 53.6 Å². The number of para-hydroxylation sites is 1. The van der Waals surface area contributed by atoms with E-state index < -0.39 is 6.17 Å². The zero-order valence-electron chi connectivity index (χ0n) is 20.0. The molecule has 9 heteroatoms. The van der Waals surface area contributed by atoms with Crippen molar-refractivity contribution in [2.75, 3.05) is 32.2 Å². The number of fused-ring (bicyclic) bond motifs is 1. The van der Waals surface area contributed by atoms with Gasteiger partial charge in [0.05, 0.1) is 32.7 Å². The van der Waals surface area contributed by atoms with Crippen LogP contribution in [0.3, 0.4) is 0 Å². The highest BCUT2D eigenvalue weighted by molar-refractivity contribution is 5.82. The topological polar surface area (TPSA) is 93.9 Å². The molecular formula is C26H30FN3O5. The highest BCUT2D eigenvalue weighted by Crippen LogP contribution is 2.26. The minimum Gasteiger partial charge on any atom is -0.469 e. The lowest BCUT2D eigenvalue weighted by Crippen LogP contribution is -2.39. The molecule has 1 fully saturated rings. The van der Waals surface area contributed by atoms with Crippen LogP contribution in [0.4, 0.5) is 16.1 Å². The summed E-state index contributed by atoms with van der Waals surface area (Å²) in [4.78, 5) is 30.2. The average molecular weight is 484 g/mol. The SMILES string of the molecule is COC(=O)CCCOC[C@@H]1C[C@H](F)CN1C(=O)Cc1ccc2nc(Nc3ccccc3C)oc2c1. The van der Waals surface area contributed by atoms with E-state index in [1.807, 2.05) is 43.3 Å². The number of oxazole rings is 1. The number of esters is 1. The van der Waals surface area contributed by atoms with Crippen molar-refractivity contribution in [2.45, 2.75) is 44.8 Å². The third-order valence-corrected chi connectivity index (χ3v) is 6.09. The summed E-state index contributed by atoms with van der Waals surface area (Å²) >= 11 is 0. The molecule has 1 aromatic heterocycles. The number of aromatic nitrogens is 1. The van der Waals surface area contributed by atoms with Crippen LogP contribution < -0.4 is 5.32 Å². The third-order valence-electron chi connectivity index (χ3n) is 6.09. The first-order valence-electron chi connectivity index (χ1n) is 11.7. The number of alkyl halides is 1. The minimum atomic E-state index is -1.07. The normalized spacial score (nSPS) is 17.6. The van der Waals surface area contributed by atoms with E-state index in [4.69, 9.17) is 9.15 Å². The van der Waals surface area contributed by atoms with Gasteiger partial charge in [-0.15, -0.1) is 0 Å². The number of halogens is 1. The average Bonchev–Trinajstić information content (AvgIpc) is 3.42. The summed E-state index contributed by atoms with van der Waals surface area (Å²) in [6, 6.07) is 13.3. The summed E-state index contributed by atoms with van der Waals surface area (Å²) in [6.45, 7) is 2.65. The Balaban J connectivity index is 1.35. The van der Waals surface area contributed by atoms with Crippen LogP contribution in [0.2, 0.25) is 0 Å². The lowest BCUT2D eigenvalue weighted by molar-refractivity contribution is -0.141. The Hall–Kier alpha value is -3.46. The quantitative estimate of drug-likeness (QED) is 0.339. The second-order valence-corrected chi connectivity index (χ2v) is 8.73. The van der Waals surface area contributed by atoms with Gasteiger partial charge in [-0.25, -0.2) is 4.39 Å². The Morgan fingerprint density at radius 2 is 2.09 bits per heavy atom. The van der Waals surface area contributed by atoms with Crippen molar-refractivity contribution in [1.29, 1.82) is 0 Å². The molecule has 0 aliphatic carbocycles. The monoisotopic (exact) mass is 483 g/mol. The van der Waals surface area contributed by atoms with E-state index in [-0.39, 0.29) is 50.3 Å². The predicted octanol–water partition coefficient (Wildman–Crippen LogP) is 4.33. The summed E-state index contributed by atoms with van der Waals surface area (Å²) < 4.78 is 30.2. The summed E-state index contributed by atoms with van der Waals surface area (Å²) in [5, 5.41) is 3.18. The first kappa shape index (κ1) is 24.7. The van der Waals surface area contributed by atoms with Gasteiger partial charge in [0.1, 0.15) is 11.7 Å². The van der Waals surface area contributed by atoms with Gasteiger partial charge >= 0.3 is 5.97 Å².